The number of carbonyl (C=O) groups is 1. The van der Waals surface area contributed by atoms with E-state index in [1.165, 1.54) is 26.4 Å². The number of ether oxygens (including phenoxy) is 10. The number of rotatable bonds is 25. The summed E-state index contributed by atoms with van der Waals surface area (Å²) in [6.07, 6.45) is 11.3. The van der Waals surface area contributed by atoms with Crippen molar-refractivity contribution in [2.24, 2.45) is 25.3 Å². The van der Waals surface area contributed by atoms with E-state index in [-0.39, 0.29) is 85.0 Å². The molecule has 36 nitrogen and oxygen atoms in total. The number of amides is 1. The molecule has 0 aliphatic carbocycles. The van der Waals surface area contributed by atoms with Crippen molar-refractivity contribution in [3.8, 4) is 0 Å². The van der Waals surface area contributed by atoms with Crippen molar-refractivity contribution in [2.75, 3.05) is 113 Å². The first kappa shape index (κ1) is 86.8. The molecule has 38 heteroatoms. The van der Waals surface area contributed by atoms with Crippen LogP contribution in [0.5, 0.6) is 0 Å². The number of hydrogen-bond acceptors (Lipinski definition) is 27. The molecule has 2 aromatic rings. The van der Waals surface area contributed by atoms with Crippen LogP contribution in [0.4, 0.5) is 0 Å². The molecule has 0 spiro atoms. The maximum absolute atomic E-state index is 12.5. The Kier molecular flexibility index (Phi) is 35.2. The van der Waals surface area contributed by atoms with Crippen molar-refractivity contribution in [3.63, 3.8) is 0 Å². The molecular formula is C68H105N21O15S2. The molecule has 8 aliphatic heterocycles. The van der Waals surface area contributed by atoms with E-state index in [2.05, 4.69) is 78.5 Å². The predicted molar refractivity (Wildman–Crippen MR) is 405 cm³/mol. The number of aryl methyl sites for hydroxylation is 2. The van der Waals surface area contributed by atoms with Crippen LogP contribution in [0.2, 0.25) is 0 Å². The Bertz CT molecular complexity index is 3770. The molecule has 8 aliphatic rings. The van der Waals surface area contributed by atoms with Crippen LogP contribution in [-0.2, 0) is 65.3 Å². The zero-order valence-electron chi connectivity index (χ0n) is 63.5. The Labute approximate surface area is 626 Å². The van der Waals surface area contributed by atoms with Gasteiger partial charge >= 0.3 is 11.4 Å². The highest BCUT2D eigenvalue weighted by Crippen LogP contribution is 2.36. The van der Waals surface area contributed by atoms with Gasteiger partial charge in [-0.25, -0.2) is 19.6 Å². The van der Waals surface area contributed by atoms with Crippen LogP contribution in [0.3, 0.4) is 0 Å². The Morgan fingerprint density at radius 3 is 1.38 bits per heavy atom. The van der Waals surface area contributed by atoms with E-state index in [0.717, 1.165) is 57.8 Å². The van der Waals surface area contributed by atoms with E-state index >= 15 is 0 Å². The fourth-order valence-corrected chi connectivity index (χ4v) is 14.1. The molecule has 0 N–H and O–H groups in total. The van der Waals surface area contributed by atoms with Crippen molar-refractivity contribution in [1.82, 2.24) is 47.7 Å². The van der Waals surface area contributed by atoms with Gasteiger partial charge in [0.25, 0.3) is 17.0 Å². The summed E-state index contributed by atoms with van der Waals surface area (Å²) in [6, 6.07) is -1.12. The fraction of sp³-hybridized carbons (Fsp3) is 0.662. The van der Waals surface area contributed by atoms with Gasteiger partial charge in [0.05, 0.1) is 69.5 Å². The van der Waals surface area contributed by atoms with Gasteiger partial charge in [-0.15, -0.1) is 23.5 Å². The normalized spacial score (nSPS) is 25.8. The van der Waals surface area contributed by atoms with E-state index in [4.69, 9.17) is 64.0 Å². The molecule has 10 heterocycles. The first-order chi connectivity index (χ1) is 50.8. The van der Waals surface area contributed by atoms with Crippen molar-refractivity contribution in [2.45, 2.75) is 180 Å². The van der Waals surface area contributed by atoms with Gasteiger partial charge in [0.2, 0.25) is 0 Å². The van der Waals surface area contributed by atoms with Crippen molar-refractivity contribution < 1.29 is 52.2 Å². The number of nitrogens with zero attached hydrogens (tertiary/aromatic N) is 21. The van der Waals surface area contributed by atoms with E-state index in [1.54, 1.807) is 90.5 Å². The summed E-state index contributed by atoms with van der Waals surface area (Å²) in [7, 11) is 8.84. The standard InChI is InChI=1S/C15H25N3O2S.2C14H21N5O4.C13H19N5O3.C12H19N3O2S/c1-5-17(6-2)13-8-9-18(12(4)16-13)14-11-21-15(20-14)10-19-7-3;2*1-4-18-13(20)9(3)7-19(14(18)21)12-6-10(16-17-15)11(23-12)8-22-5-2;1-8-6-18(9(2)17(3)13(8)19)12-5-10(15-16-14)11(21-12)7-20-4;1-9-13-10(14(2)3)5-6-15(9)11-8-18-12(17-11)7-16-4/h8-9,14-15H,4-7,10-11H2,1-3H3;2*7,10-12H,4-6,8H2,1-3H3;6,10-12H,2,5,7H2,1,3-4H3;5-6,11-12H,1,7-8H2,2-4H3/t14-,15+;3*10?,11-,12-;11-,12+/m11111/s1. The number of aromatic nitrogens is 4. The van der Waals surface area contributed by atoms with Crippen molar-refractivity contribution in [3.05, 3.63) is 170 Å². The lowest BCUT2D eigenvalue weighted by molar-refractivity contribution is -0.128. The number of thioether (sulfide) groups is 2. The Morgan fingerprint density at radius 1 is 0.566 bits per heavy atom. The van der Waals surface area contributed by atoms with Gasteiger partial charge < -0.3 is 71.9 Å². The fourth-order valence-electron chi connectivity index (χ4n) is 12.1. The summed E-state index contributed by atoms with van der Waals surface area (Å²) in [4.78, 5) is 89.8. The number of hydrogen-bond donors (Lipinski definition) is 0. The molecule has 106 heavy (non-hydrogen) atoms. The third-order valence-electron chi connectivity index (χ3n) is 17.7. The number of azide groups is 3. The smallest absolute Gasteiger partial charge is 0.333 e. The zero-order chi connectivity index (χ0) is 77.9. The van der Waals surface area contributed by atoms with Crippen LogP contribution in [0.25, 0.3) is 31.3 Å². The summed E-state index contributed by atoms with van der Waals surface area (Å²) in [5.74, 6) is 5.56. The highest BCUT2D eigenvalue weighted by Gasteiger charge is 2.42. The van der Waals surface area contributed by atoms with Crippen LogP contribution < -0.4 is 22.5 Å². The highest BCUT2D eigenvalue weighted by molar-refractivity contribution is 8.00. The van der Waals surface area contributed by atoms with Gasteiger partial charge in [0.1, 0.15) is 71.1 Å². The molecule has 0 aromatic carbocycles. The third kappa shape index (κ3) is 22.7. The summed E-state index contributed by atoms with van der Waals surface area (Å²) in [5, 5.41) is 11.2. The van der Waals surface area contributed by atoms with Crippen LogP contribution >= 0.6 is 23.5 Å². The van der Waals surface area contributed by atoms with Gasteiger partial charge in [0, 0.05) is 175 Å². The Balaban J connectivity index is 0.000000208. The number of amidine groups is 2. The molecular weight excluding hydrogens is 1420 g/mol. The third-order valence-corrected chi connectivity index (χ3v) is 19.9. The molecule has 10 rings (SSSR count). The first-order valence-electron chi connectivity index (χ1n) is 35.2. The lowest BCUT2D eigenvalue weighted by Gasteiger charge is -2.37. The lowest BCUT2D eigenvalue weighted by atomic mass is 10.1. The van der Waals surface area contributed by atoms with Gasteiger partial charge in [-0.1, -0.05) is 35.1 Å². The number of carbonyl (C=O) groups excluding carboxylic acids is 1. The molecule has 2 aromatic heterocycles. The van der Waals surface area contributed by atoms with Crippen LogP contribution in [0.1, 0.15) is 98.2 Å². The lowest BCUT2D eigenvalue weighted by Crippen LogP contribution is -2.43. The SMILES string of the molecule is C=C1N(C)C(=O)C(C)=CN1[C@H]1CC(N=[N+]=[N-])[C@@H](COC)O1.C=C1N=C(N(C)C)C=CN1[C@H]1CS[C@@H](COC)O1.C=C1N=C(N(CC)CC)C=CN1[C@H]1CS[C@@H](COCC)O1.CCOC[C@H]1O[C@@H](n2cc(C)c(=O)n(CC)c2=O)CC1N=[N+]=[N-].CCOC[C@H]1O[C@@H](n2cc(C)c(=O)n(CC)c2=O)CC1N=[N+]=[N-]. The molecule has 584 valence electrons. The van der Waals surface area contributed by atoms with E-state index < -0.39 is 48.1 Å². The topological polar surface area (TPSA) is 388 Å². The minimum atomic E-state index is -0.583. The maximum atomic E-state index is 12.5. The highest BCUT2D eigenvalue weighted by atomic mass is 32.2. The van der Waals surface area contributed by atoms with E-state index in [1.807, 2.05) is 74.1 Å². The molecule has 0 saturated carbocycles. The predicted octanol–water partition coefficient (Wildman–Crippen LogP) is 8.05. The summed E-state index contributed by atoms with van der Waals surface area (Å²) >= 11 is 3.53. The Morgan fingerprint density at radius 2 is 0.972 bits per heavy atom. The quantitative estimate of drug-likeness (QED) is 0.0515. The van der Waals surface area contributed by atoms with Crippen LogP contribution in [0, 0.1) is 13.8 Å². The van der Waals surface area contributed by atoms with Crippen LogP contribution in [0.15, 0.2) is 130 Å². The average Bonchev–Trinajstić information content (AvgIpc) is 1.56. The van der Waals surface area contributed by atoms with Crippen LogP contribution in [-0.4, -0.2) is 244 Å². The molecule has 13 atom stereocenters. The second-order valence-corrected chi connectivity index (χ2v) is 27.3. The van der Waals surface area contributed by atoms with Crippen molar-refractivity contribution in [1.29, 1.82) is 0 Å². The second kappa shape index (κ2) is 43.0. The average molecular weight is 1520 g/mol. The maximum Gasteiger partial charge on any atom is 0.333 e. The molecule has 0 bridgehead atoms. The summed E-state index contributed by atoms with van der Waals surface area (Å²) < 4.78 is 60.9. The minimum absolute atomic E-state index is 0.00800. The Hall–Kier alpha value is -8.16. The molecule has 5 saturated heterocycles. The van der Waals surface area contributed by atoms with Gasteiger partial charge in [-0.05, 0) is 98.0 Å². The molecule has 0 radical (unpaired) electrons. The summed E-state index contributed by atoms with van der Waals surface area (Å²) in [5.41, 5.74) is 26.3. The largest absolute Gasteiger partial charge is 0.382 e. The minimum Gasteiger partial charge on any atom is -0.382 e. The van der Waals surface area contributed by atoms with E-state index in [0.29, 0.717) is 80.6 Å². The van der Waals surface area contributed by atoms with E-state index in [9.17, 15) is 24.0 Å². The van der Waals surface area contributed by atoms with Gasteiger partial charge in [0.15, 0.2) is 0 Å². The molecule has 5 fully saturated rings. The first-order valence-corrected chi connectivity index (χ1v) is 37.3. The number of aliphatic imine (C=N–C) groups is 2. The van der Waals surface area contributed by atoms with Gasteiger partial charge in [-0.2, -0.15) is 0 Å². The summed E-state index contributed by atoms with van der Waals surface area (Å²) in [6.45, 7) is 36.9. The molecule has 3 unspecified atom stereocenters. The van der Waals surface area contributed by atoms with Gasteiger partial charge in [-0.3, -0.25) is 37.6 Å². The zero-order valence-corrected chi connectivity index (χ0v) is 65.2. The molecule has 1 amide bonds. The monoisotopic (exact) mass is 1520 g/mol. The second-order valence-electron chi connectivity index (χ2n) is 24.9. The number of likely N-dealkylation sites (N-methyl/N-ethyl adjacent to an activating group) is 3. The number of methoxy groups -OCH3 is 2. The van der Waals surface area contributed by atoms with Crippen molar-refractivity contribution >= 4 is 41.1 Å².